The van der Waals surface area contributed by atoms with Crippen LogP contribution in [0, 0.1) is 17.8 Å². The quantitative estimate of drug-likeness (QED) is 0.217. The van der Waals surface area contributed by atoms with E-state index in [1.165, 1.54) is 0 Å². The van der Waals surface area contributed by atoms with Crippen LogP contribution in [-0.4, -0.2) is 54.0 Å². The lowest BCUT2D eigenvalue weighted by molar-refractivity contribution is -0.142. The van der Waals surface area contributed by atoms with Gasteiger partial charge in [0.05, 0.1) is 11.9 Å². The van der Waals surface area contributed by atoms with Crippen molar-refractivity contribution >= 4 is 23.3 Å². The first-order valence-electron chi connectivity index (χ1n) is 14.4. The van der Waals surface area contributed by atoms with E-state index in [1.807, 2.05) is 56.3 Å². The standard InChI is InChI=1S/C33H42FN3O4/c1-22(2)28(20-30(38)26-15-13-25(14-16-26)24-9-5-4-6-10-24)33(41)37-18-8-12-29(37)31(39)19-27(32(40)21-34)11-7-17-36-23(3)35/h4-6,9-10,13-16,22,27-29,36H,3,7-8,11-12,17-21,35H2,1-2H3/t27-,28+,29+/m1/s1. The largest absolute Gasteiger partial charge is 0.386 e. The summed E-state index contributed by atoms with van der Waals surface area (Å²) in [4.78, 5) is 54.1. The van der Waals surface area contributed by atoms with Crippen LogP contribution in [0.25, 0.3) is 11.1 Å². The molecule has 1 fully saturated rings. The van der Waals surface area contributed by atoms with Gasteiger partial charge in [0.2, 0.25) is 5.91 Å². The van der Waals surface area contributed by atoms with E-state index in [4.69, 9.17) is 5.73 Å². The second-order valence-electron chi connectivity index (χ2n) is 11.2. The highest BCUT2D eigenvalue weighted by molar-refractivity contribution is 6.00. The Morgan fingerprint density at radius 1 is 1.02 bits per heavy atom. The molecule has 7 nitrogen and oxygen atoms in total. The molecule has 220 valence electrons. The first-order chi connectivity index (χ1) is 19.6. The molecular formula is C33H42FN3O4. The zero-order valence-corrected chi connectivity index (χ0v) is 24.1. The molecule has 0 radical (unpaired) electrons. The number of benzene rings is 2. The van der Waals surface area contributed by atoms with Crippen LogP contribution in [0.4, 0.5) is 4.39 Å². The van der Waals surface area contributed by atoms with E-state index in [9.17, 15) is 23.6 Å². The van der Waals surface area contributed by atoms with Gasteiger partial charge < -0.3 is 16.0 Å². The lowest BCUT2D eigenvalue weighted by Crippen LogP contribution is -2.45. The fourth-order valence-corrected chi connectivity index (χ4v) is 5.45. The number of halogens is 1. The third-order valence-corrected chi connectivity index (χ3v) is 7.86. The average Bonchev–Trinajstić information content (AvgIpc) is 3.47. The van der Waals surface area contributed by atoms with Crippen LogP contribution in [0.5, 0.6) is 0 Å². The van der Waals surface area contributed by atoms with Gasteiger partial charge in [0.15, 0.2) is 17.3 Å². The molecule has 2 aromatic carbocycles. The van der Waals surface area contributed by atoms with Gasteiger partial charge in [-0.3, -0.25) is 19.2 Å². The molecule has 1 aliphatic rings. The summed E-state index contributed by atoms with van der Waals surface area (Å²) in [6.07, 6.45) is 1.95. The molecule has 3 N–H and O–H groups in total. The topological polar surface area (TPSA) is 110 Å². The maximum atomic E-state index is 13.7. The van der Waals surface area contributed by atoms with E-state index < -0.39 is 30.3 Å². The number of carbonyl (C=O) groups is 4. The summed E-state index contributed by atoms with van der Waals surface area (Å²) in [7, 11) is 0. The minimum absolute atomic E-state index is 0.0426. The number of hydrogen-bond acceptors (Lipinski definition) is 6. The summed E-state index contributed by atoms with van der Waals surface area (Å²) in [6, 6.07) is 16.6. The van der Waals surface area contributed by atoms with Crippen LogP contribution in [0.3, 0.4) is 0 Å². The molecule has 8 heteroatoms. The highest BCUT2D eigenvalue weighted by Gasteiger charge is 2.39. The lowest BCUT2D eigenvalue weighted by Gasteiger charge is -2.30. The Bertz CT molecular complexity index is 1210. The number of amides is 1. The summed E-state index contributed by atoms with van der Waals surface area (Å²) in [5.74, 6) is -2.32. The van der Waals surface area contributed by atoms with Crippen LogP contribution in [0.1, 0.15) is 62.7 Å². The molecule has 1 heterocycles. The number of ketones is 3. The Kier molecular flexibility index (Phi) is 11.8. The smallest absolute Gasteiger partial charge is 0.227 e. The lowest BCUT2D eigenvalue weighted by atomic mass is 9.86. The van der Waals surface area contributed by atoms with Crippen LogP contribution >= 0.6 is 0 Å². The van der Waals surface area contributed by atoms with Gasteiger partial charge in [0.1, 0.15) is 6.67 Å². The molecule has 2 aromatic rings. The highest BCUT2D eigenvalue weighted by atomic mass is 19.1. The van der Waals surface area contributed by atoms with E-state index in [0.717, 1.165) is 11.1 Å². The average molecular weight is 564 g/mol. The molecule has 0 unspecified atom stereocenters. The van der Waals surface area contributed by atoms with Gasteiger partial charge in [0.25, 0.3) is 0 Å². The monoisotopic (exact) mass is 563 g/mol. The number of nitrogens with two attached hydrogens (primary N) is 1. The summed E-state index contributed by atoms with van der Waals surface area (Å²) in [5, 5.41) is 2.86. The van der Waals surface area contributed by atoms with Crippen LogP contribution < -0.4 is 11.1 Å². The molecule has 1 amide bonds. The Morgan fingerprint density at radius 3 is 2.29 bits per heavy atom. The number of carbonyl (C=O) groups excluding carboxylic acids is 4. The number of Topliss-reactive ketones (excluding diaryl/α,β-unsaturated/α-hetero) is 3. The minimum Gasteiger partial charge on any atom is -0.386 e. The number of nitrogens with one attached hydrogen (secondary N) is 1. The Balaban J connectivity index is 1.66. The third kappa shape index (κ3) is 8.84. The SMILES string of the molecule is C=C(N)NCCC[C@H](CC(=O)[C@@H]1CCCN1C(=O)[C@@H](CC(=O)c1ccc(-c2ccccc2)cc1)C(C)C)C(=O)CF. The van der Waals surface area contributed by atoms with Gasteiger partial charge in [-0.2, -0.15) is 0 Å². The Morgan fingerprint density at radius 2 is 1.68 bits per heavy atom. The van der Waals surface area contributed by atoms with Gasteiger partial charge in [-0.15, -0.1) is 0 Å². The molecule has 1 saturated heterocycles. The maximum absolute atomic E-state index is 13.7. The van der Waals surface area contributed by atoms with E-state index in [-0.39, 0.29) is 36.2 Å². The summed E-state index contributed by atoms with van der Waals surface area (Å²) in [6.45, 7) is 7.11. The van der Waals surface area contributed by atoms with Crippen LogP contribution in [0.2, 0.25) is 0 Å². The van der Waals surface area contributed by atoms with Gasteiger partial charge >= 0.3 is 0 Å². The first kappa shape index (κ1) is 31.7. The second kappa shape index (κ2) is 15.3. The summed E-state index contributed by atoms with van der Waals surface area (Å²) >= 11 is 0. The van der Waals surface area contributed by atoms with Crippen molar-refractivity contribution < 1.29 is 23.6 Å². The summed E-state index contributed by atoms with van der Waals surface area (Å²) < 4.78 is 13.3. The highest BCUT2D eigenvalue weighted by Crippen LogP contribution is 2.29. The maximum Gasteiger partial charge on any atom is 0.227 e. The van der Waals surface area contributed by atoms with Crippen molar-refractivity contribution in [3.8, 4) is 11.1 Å². The molecule has 0 bridgehead atoms. The zero-order chi connectivity index (χ0) is 29.9. The predicted molar refractivity (Wildman–Crippen MR) is 159 cm³/mol. The van der Waals surface area contributed by atoms with Crippen molar-refractivity contribution in [3.63, 3.8) is 0 Å². The predicted octanol–water partition coefficient (Wildman–Crippen LogP) is 5.10. The van der Waals surface area contributed by atoms with Crippen LogP contribution in [-0.2, 0) is 14.4 Å². The van der Waals surface area contributed by atoms with E-state index in [1.54, 1.807) is 17.0 Å². The molecular weight excluding hydrogens is 521 g/mol. The molecule has 0 spiro atoms. The van der Waals surface area contributed by atoms with E-state index in [0.29, 0.717) is 50.2 Å². The van der Waals surface area contributed by atoms with Gasteiger partial charge in [-0.25, -0.2) is 4.39 Å². The second-order valence-corrected chi connectivity index (χ2v) is 11.2. The molecule has 3 rings (SSSR count). The summed E-state index contributed by atoms with van der Waals surface area (Å²) in [5.41, 5.74) is 8.09. The fourth-order valence-electron chi connectivity index (χ4n) is 5.45. The van der Waals surface area contributed by atoms with Crippen molar-refractivity contribution in [2.75, 3.05) is 19.8 Å². The number of likely N-dealkylation sites (tertiary alicyclic amines) is 1. The number of nitrogens with zero attached hydrogens (tertiary/aromatic N) is 1. The van der Waals surface area contributed by atoms with Crippen molar-refractivity contribution in [3.05, 3.63) is 72.6 Å². The van der Waals surface area contributed by atoms with Crippen molar-refractivity contribution in [2.45, 2.75) is 58.4 Å². The normalized spacial score (nSPS) is 16.3. The zero-order valence-electron chi connectivity index (χ0n) is 24.1. The van der Waals surface area contributed by atoms with Gasteiger partial charge in [-0.1, -0.05) is 75.0 Å². The van der Waals surface area contributed by atoms with E-state index >= 15 is 0 Å². The molecule has 41 heavy (non-hydrogen) atoms. The number of alkyl halides is 1. The minimum atomic E-state index is -1.13. The van der Waals surface area contributed by atoms with Gasteiger partial charge in [-0.05, 0) is 42.7 Å². The molecule has 0 aromatic heterocycles. The first-order valence-corrected chi connectivity index (χ1v) is 14.4. The Labute approximate surface area is 242 Å². The third-order valence-electron chi connectivity index (χ3n) is 7.86. The number of hydrogen-bond donors (Lipinski definition) is 2. The van der Waals surface area contributed by atoms with Crippen LogP contribution in [0.15, 0.2) is 67.0 Å². The van der Waals surface area contributed by atoms with Crippen molar-refractivity contribution in [2.24, 2.45) is 23.5 Å². The Hall–Kier alpha value is -3.81. The van der Waals surface area contributed by atoms with E-state index in [2.05, 4.69) is 11.9 Å². The number of rotatable bonds is 16. The molecule has 0 saturated carbocycles. The molecule has 1 aliphatic heterocycles. The molecule has 3 atom stereocenters. The van der Waals surface area contributed by atoms with Crippen molar-refractivity contribution in [1.82, 2.24) is 10.2 Å². The van der Waals surface area contributed by atoms with Crippen molar-refractivity contribution in [1.29, 1.82) is 0 Å². The molecule has 0 aliphatic carbocycles. The van der Waals surface area contributed by atoms with Gasteiger partial charge in [0, 0.05) is 43.3 Å². The fraction of sp³-hybridized carbons (Fsp3) is 0.455.